The second-order valence-electron chi connectivity index (χ2n) is 4.88. The largest absolute Gasteiger partial charge is 0.495 e. The van der Waals surface area contributed by atoms with E-state index in [1.807, 2.05) is 12.1 Å². The first-order chi connectivity index (χ1) is 8.62. The summed E-state index contributed by atoms with van der Waals surface area (Å²) < 4.78 is 11.7. The monoisotopic (exact) mass is 313 g/mol. The molecule has 0 aromatic heterocycles. The number of hydrogen-bond donors (Lipinski definition) is 1. The molecule has 0 atom stereocenters. The summed E-state index contributed by atoms with van der Waals surface area (Å²) in [6, 6.07) is 3.99. The van der Waals surface area contributed by atoms with E-state index < -0.39 is 0 Å². The third kappa shape index (κ3) is 2.36. The van der Waals surface area contributed by atoms with Crippen molar-refractivity contribution in [2.75, 3.05) is 14.2 Å². The van der Waals surface area contributed by atoms with Crippen molar-refractivity contribution in [3.63, 3.8) is 0 Å². The van der Waals surface area contributed by atoms with Gasteiger partial charge in [0.25, 0.3) is 0 Å². The number of halogens is 1. The van der Waals surface area contributed by atoms with Crippen molar-refractivity contribution in [3.05, 3.63) is 22.2 Å². The van der Waals surface area contributed by atoms with E-state index >= 15 is 0 Å². The van der Waals surface area contributed by atoms with E-state index in [4.69, 9.17) is 15.2 Å². The quantitative estimate of drug-likeness (QED) is 0.927. The van der Waals surface area contributed by atoms with Crippen LogP contribution in [-0.4, -0.2) is 14.2 Å². The van der Waals surface area contributed by atoms with Gasteiger partial charge in [0.15, 0.2) is 0 Å². The van der Waals surface area contributed by atoms with Crippen LogP contribution in [0.1, 0.15) is 37.7 Å². The molecular formula is C14H20BrNO2. The summed E-state index contributed by atoms with van der Waals surface area (Å²) in [6.07, 6.45) is 5.68. The predicted octanol–water partition coefficient (Wildman–Crippen LogP) is 3.58. The molecule has 1 fully saturated rings. The van der Waals surface area contributed by atoms with Crippen molar-refractivity contribution in [3.8, 4) is 11.5 Å². The van der Waals surface area contributed by atoms with Crippen LogP contribution in [0.5, 0.6) is 11.5 Å². The Morgan fingerprint density at radius 2 is 1.78 bits per heavy atom. The van der Waals surface area contributed by atoms with E-state index in [0.717, 1.165) is 34.4 Å². The van der Waals surface area contributed by atoms with Crippen LogP contribution in [0.4, 0.5) is 0 Å². The van der Waals surface area contributed by atoms with Crippen molar-refractivity contribution >= 4 is 15.9 Å². The summed E-state index contributed by atoms with van der Waals surface area (Å²) in [5, 5.41) is 0. The summed E-state index contributed by atoms with van der Waals surface area (Å²) in [5.74, 6) is 1.58. The molecular weight excluding hydrogens is 294 g/mol. The molecule has 100 valence electrons. The topological polar surface area (TPSA) is 44.5 Å². The molecule has 0 spiro atoms. The fraction of sp³-hybridized carbons (Fsp3) is 0.571. The zero-order valence-corrected chi connectivity index (χ0v) is 12.5. The number of methoxy groups -OCH3 is 2. The normalized spacial score (nSPS) is 18.4. The lowest BCUT2D eigenvalue weighted by atomic mass is 9.77. The maximum Gasteiger partial charge on any atom is 0.141 e. The maximum absolute atomic E-state index is 6.58. The zero-order chi connectivity index (χ0) is 13.2. The van der Waals surface area contributed by atoms with Crippen molar-refractivity contribution in [2.45, 2.75) is 37.6 Å². The molecule has 2 N–H and O–H groups in total. The van der Waals surface area contributed by atoms with E-state index in [0.29, 0.717) is 0 Å². The fourth-order valence-corrected chi connectivity index (χ4v) is 3.41. The molecule has 2 rings (SSSR count). The third-order valence-corrected chi connectivity index (χ3v) is 4.52. The van der Waals surface area contributed by atoms with Crippen LogP contribution in [0, 0.1) is 0 Å². The Kier molecular flexibility index (Phi) is 4.17. The first-order valence-electron chi connectivity index (χ1n) is 6.32. The average molecular weight is 314 g/mol. The Morgan fingerprint density at radius 3 is 2.33 bits per heavy atom. The van der Waals surface area contributed by atoms with Gasteiger partial charge in [0, 0.05) is 11.1 Å². The first kappa shape index (κ1) is 13.7. The van der Waals surface area contributed by atoms with Gasteiger partial charge in [0.05, 0.1) is 14.2 Å². The van der Waals surface area contributed by atoms with Crippen molar-refractivity contribution in [1.29, 1.82) is 0 Å². The summed E-state index contributed by atoms with van der Waals surface area (Å²) in [7, 11) is 3.33. The Morgan fingerprint density at radius 1 is 1.11 bits per heavy atom. The number of benzene rings is 1. The molecule has 0 radical (unpaired) electrons. The lowest BCUT2D eigenvalue weighted by molar-refractivity contribution is 0.287. The average Bonchev–Trinajstić information content (AvgIpc) is 2.39. The van der Waals surface area contributed by atoms with Crippen molar-refractivity contribution in [2.24, 2.45) is 5.73 Å². The molecule has 1 aliphatic rings. The van der Waals surface area contributed by atoms with Gasteiger partial charge in [-0.1, -0.05) is 19.3 Å². The highest BCUT2D eigenvalue weighted by molar-refractivity contribution is 9.10. The van der Waals surface area contributed by atoms with Crippen LogP contribution in [0.2, 0.25) is 0 Å². The molecule has 0 saturated heterocycles. The zero-order valence-electron chi connectivity index (χ0n) is 11.0. The van der Waals surface area contributed by atoms with Crippen LogP contribution in [-0.2, 0) is 5.54 Å². The van der Waals surface area contributed by atoms with Gasteiger partial charge in [-0.3, -0.25) is 0 Å². The van der Waals surface area contributed by atoms with Gasteiger partial charge in [0.1, 0.15) is 16.0 Å². The minimum Gasteiger partial charge on any atom is -0.495 e. The second-order valence-corrected chi connectivity index (χ2v) is 5.67. The van der Waals surface area contributed by atoms with Crippen LogP contribution < -0.4 is 15.2 Å². The molecule has 0 aliphatic heterocycles. The molecule has 1 aliphatic carbocycles. The molecule has 4 heteroatoms. The lowest BCUT2D eigenvalue weighted by Crippen LogP contribution is -2.39. The molecule has 0 unspecified atom stereocenters. The highest BCUT2D eigenvalue weighted by Crippen LogP contribution is 2.45. The molecule has 18 heavy (non-hydrogen) atoms. The minimum absolute atomic E-state index is 0.265. The van der Waals surface area contributed by atoms with E-state index in [1.165, 1.54) is 19.3 Å². The highest BCUT2D eigenvalue weighted by Gasteiger charge is 2.33. The number of hydrogen-bond acceptors (Lipinski definition) is 3. The smallest absolute Gasteiger partial charge is 0.141 e. The van der Waals surface area contributed by atoms with Crippen LogP contribution in [0.25, 0.3) is 0 Å². The van der Waals surface area contributed by atoms with Crippen LogP contribution in [0.3, 0.4) is 0 Å². The van der Waals surface area contributed by atoms with Gasteiger partial charge in [-0.25, -0.2) is 0 Å². The SMILES string of the molecule is COc1ccc(C2(N)CCCCC2)c(OC)c1Br. The Labute approximate surface area is 117 Å². The van der Waals surface area contributed by atoms with Gasteiger partial charge in [-0.05, 0) is 40.9 Å². The number of nitrogens with two attached hydrogens (primary N) is 1. The van der Waals surface area contributed by atoms with E-state index in [9.17, 15) is 0 Å². The number of ether oxygens (including phenoxy) is 2. The van der Waals surface area contributed by atoms with Gasteiger partial charge in [0.2, 0.25) is 0 Å². The predicted molar refractivity (Wildman–Crippen MR) is 76.2 cm³/mol. The van der Waals surface area contributed by atoms with Crippen molar-refractivity contribution in [1.82, 2.24) is 0 Å². The summed E-state index contributed by atoms with van der Waals surface area (Å²) in [4.78, 5) is 0. The Hall–Kier alpha value is -0.740. The van der Waals surface area contributed by atoms with Crippen LogP contribution in [0.15, 0.2) is 16.6 Å². The Balaban J connectivity index is 2.46. The van der Waals surface area contributed by atoms with Crippen molar-refractivity contribution < 1.29 is 9.47 Å². The van der Waals surface area contributed by atoms with Gasteiger partial charge in [-0.2, -0.15) is 0 Å². The standard InChI is InChI=1S/C14H20BrNO2/c1-17-11-7-6-10(13(18-2)12(11)15)14(16)8-4-3-5-9-14/h6-7H,3-5,8-9,16H2,1-2H3. The molecule has 1 aromatic rings. The minimum atomic E-state index is -0.265. The summed E-state index contributed by atoms with van der Waals surface area (Å²) in [5.41, 5.74) is 7.39. The third-order valence-electron chi connectivity index (χ3n) is 3.77. The first-order valence-corrected chi connectivity index (χ1v) is 7.11. The van der Waals surface area contributed by atoms with Gasteiger partial charge < -0.3 is 15.2 Å². The second kappa shape index (κ2) is 5.49. The Bertz CT molecular complexity index is 428. The molecule has 0 bridgehead atoms. The molecule has 3 nitrogen and oxygen atoms in total. The fourth-order valence-electron chi connectivity index (χ4n) is 2.74. The molecule has 0 amide bonds. The molecule has 1 aromatic carbocycles. The van der Waals surface area contributed by atoms with Gasteiger partial charge in [-0.15, -0.1) is 0 Å². The van der Waals surface area contributed by atoms with Crippen LogP contribution >= 0.6 is 15.9 Å². The summed E-state index contributed by atoms with van der Waals surface area (Å²) >= 11 is 3.54. The van der Waals surface area contributed by atoms with Gasteiger partial charge >= 0.3 is 0 Å². The highest BCUT2D eigenvalue weighted by atomic mass is 79.9. The maximum atomic E-state index is 6.58. The lowest BCUT2D eigenvalue weighted by Gasteiger charge is -2.35. The number of rotatable bonds is 3. The van der Waals surface area contributed by atoms with E-state index in [1.54, 1.807) is 14.2 Å². The molecule has 0 heterocycles. The molecule has 1 saturated carbocycles. The van der Waals surface area contributed by atoms with E-state index in [2.05, 4.69) is 15.9 Å². The summed E-state index contributed by atoms with van der Waals surface area (Å²) in [6.45, 7) is 0. The van der Waals surface area contributed by atoms with E-state index in [-0.39, 0.29) is 5.54 Å².